The molecule has 1 N–H and O–H groups in total. The van der Waals surface area contributed by atoms with Crippen LogP contribution in [0.15, 0.2) is 18.5 Å². The molecular weight excluding hydrogens is 246 g/mol. The van der Waals surface area contributed by atoms with Gasteiger partial charge in [0.05, 0.1) is 6.20 Å². The van der Waals surface area contributed by atoms with Crippen LogP contribution in [0, 0.1) is 5.92 Å². The first-order valence-electron chi connectivity index (χ1n) is 6.06. The van der Waals surface area contributed by atoms with Crippen molar-refractivity contribution in [1.82, 2.24) is 14.7 Å². The molecule has 1 aromatic heterocycles. The Balaban J connectivity index is 2.70. The third-order valence-electron chi connectivity index (χ3n) is 2.37. The normalized spacial score (nSPS) is 11.2. The third kappa shape index (κ3) is 5.37. The van der Waals surface area contributed by atoms with Gasteiger partial charge in [-0.25, -0.2) is 0 Å². The summed E-state index contributed by atoms with van der Waals surface area (Å²) in [6.07, 6.45) is 6.41. The van der Waals surface area contributed by atoms with E-state index in [2.05, 4.69) is 5.10 Å². The van der Waals surface area contributed by atoms with E-state index in [1.165, 1.54) is 11.0 Å². The Hall–Kier alpha value is -2.11. The SMILES string of the molecule is CC(C)CN(CC(=O)O)C(=O)/C=C/c1cnn(C)c1. The minimum atomic E-state index is -1.01. The molecule has 0 bridgehead atoms. The van der Waals surface area contributed by atoms with Gasteiger partial charge in [0, 0.05) is 31.4 Å². The molecule has 0 saturated carbocycles. The summed E-state index contributed by atoms with van der Waals surface area (Å²) in [5, 5.41) is 12.8. The number of aromatic nitrogens is 2. The monoisotopic (exact) mass is 265 g/mol. The fourth-order valence-corrected chi connectivity index (χ4v) is 1.64. The number of nitrogens with zero attached hydrogens (tertiary/aromatic N) is 3. The Morgan fingerprint density at radius 1 is 1.53 bits per heavy atom. The number of hydrogen-bond donors (Lipinski definition) is 1. The highest BCUT2D eigenvalue weighted by atomic mass is 16.4. The van der Waals surface area contributed by atoms with E-state index in [0.717, 1.165) is 5.56 Å². The molecule has 0 atom stereocenters. The van der Waals surface area contributed by atoms with Crippen LogP contribution in [0.2, 0.25) is 0 Å². The van der Waals surface area contributed by atoms with E-state index >= 15 is 0 Å². The highest BCUT2D eigenvalue weighted by molar-refractivity contribution is 5.93. The Kier molecular flexibility index (Phi) is 5.29. The maximum Gasteiger partial charge on any atom is 0.323 e. The van der Waals surface area contributed by atoms with Crippen LogP contribution >= 0.6 is 0 Å². The lowest BCUT2D eigenvalue weighted by Gasteiger charge is -2.21. The Bertz CT molecular complexity index is 477. The zero-order chi connectivity index (χ0) is 14.4. The Labute approximate surface area is 112 Å². The van der Waals surface area contributed by atoms with Crippen LogP contribution in [0.3, 0.4) is 0 Å². The lowest BCUT2D eigenvalue weighted by Crippen LogP contribution is -2.37. The molecule has 19 heavy (non-hydrogen) atoms. The maximum atomic E-state index is 11.9. The van der Waals surface area contributed by atoms with Crippen molar-refractivity contribution in [1.29, 1.82) is 0 Å². The van der Waals surface area contributed by atoms with E-state index in [0.29, 0.717) is 6.54 Å². The van der Waals surface area contributed by atoms with Gasteiger partial charge in [-0.15, -0.1) is 0 Å². The lowest BCUT2D eigenvalue weighted by atomic mass is 10.2. The van der Waals surface area contributed by atoms with Crippen molar-refractivity contribution < 1.29 is 14.7 Å². The first-order chi connectivity index (χ1) is 8.88. The molecule has 0 unspecified atom stereocenters. The number of aryl methyl sites for hydroxylation is 1. The van der Waals surface area contributed by atoms with Gasteiger partial charge in [-0.3, -0.25) is 14.3 Å². The van der Waals surface area contributed by atoms with E-state index in [9.17, 15) is 9.59 Å². The van der Waals surface area contributed by atoms with Crippen LogP contribution in [0.5, 0.6) is 0 Å². The van der Waals surface area contributed by atoms with Crippen LogP contribution in [-0.2, 0) is 16.6 Å². The molecule has 0 saturated heterocycles. The zero-order valence-corrected chi connectivity index (χ0v) is 11.4. The molecule has 0 aliphatic heterocycles. The molecule has 1 rings (SSSR count). The van der Waals surface area contributed by atoms with Gasteiger partial charge < -0.3 is 10.0 Å². The summed E-state index contributed by atoms with van der Waals surface area (Å²) in [4.78, 5) is 24.0. The molecule has 0 aliphatic rings. The highest BCUT2D eigenvalue weighted by Gasteiger charge is 2.15. The molecule has 1 amide bonds. The summed E-state index contributed by atoms with van der Waals surface area (Å²) >= 11 is 0. The molecule has 0 radical (unpaired) electrons. The first-order valence-corrected chi connectivity index (χ1v) is 6.06. The molecule has 0 aliphatic carbocycles. The maximum absolute atomic E-state index is 11.9. The van der Waals surface area contributed by atoms with Gasteiger partial charge in [0.1, 0.15) is 6.54 Å². The highest BCUT2D eigenvalue weighted by Crippen LogP contribution is 2.03. The van der Waals surface area contributed by atoms with Crippen LogP contribution < -0.4 is 0 Å². The Morgan fingerprint density at radius 2 is 2.21 bits per heavy atom. The van der Waals surface area contributed by atoms with E-state index in [4.69, 9.17) is 5.11 Å². The summed E-state index contributed by atoms with van der Waals surface area (Å²) in [6.45, 7) is 4.01. The van der Waals surface area contributed by atoms with Crippen LogP contribution in [0.25, 0.3) is 6.08 Å². The minimum Gasteiger partial charge on any atom is -0.480 e. The second kappa shape index (κ2) is 6.72. The molecule has 0 spiro atoms. The average Bonchev–Trinajstić information content (AvgIpc) is 2.70. The number of aliphatic carboxylic acids is 1. The molecule has 1 aromatic rings. The predicted molar refractivity (Wildman–Crippen MR) is 71.3 cm³/mol. The fourth-order valence-electron chi connectivity index (χ4n) is 1.64. The lowest BCUT2D eigenvalue weighted by molar-refractivity contribution is -0.143. The number of rotatable bonds is 6. The standard InChI is InChI=1S/C13H19N3O3/c1-10(2)7-16(9-13(18)19)12(17)5-4-11-6-14-15(3)8-11/h4-6,8,10H,7,9H2,1-3H3,(H,18,19)/b5-4+. The third-order valence-corrected chi connectivity index (χ3v) is 2.37. The van der Waals surface area contributed by atoms with Gasteiger partial charge in [0.2, 0.25) is 5.91 Å². The molecule has 1 heterocycles. The summed E-state index contributed by atoms with van der Waals surface area (Å²) in [5.74, 6) is -1.10. The smallest absolute Gasteiger partial charge is 0.323 e. The zero-order valence-electron chi connectivity index (χ0n) is 11.4. The first kappa shape index (κ1) is 14.9. The number of carbonyl (C=O) groups is 2. The largest absolute Gasteiger partial charge is 0.480 e. The van der Waals surface area contributed by atoms with E-state index in [1.807, 2.05) is 13.8 Å². The summed E-state index contributed by atoms with van der Waals surface area (Å²) < 4.78 is 1.63. The summed E-state index contributed by atoms with van der Waals surface area (Å²) in [6, 6.07) is 0. The predicted octanol–water partition coefficient (Wildman–Crippen LogP) is 1.00. The second-order valence-corrected chi connectivity index (χ2v) is 4.79. The van der Waals surface area contributed by atoms with Crippen LogP contribution in [-0.4, -0.2) is 44.8 Å². The van der Waals surface area contributed by atoms with E-state index < -0.39 is 5.97 Å². The van der Waals surface area contributed by atoms with Crippen molar-refractivity contribution in [2.24, 2.45) is 13.0 Å². The molecular formula is C13H19N3O3. The van der Waals surface area contributed by atoms with Gasteiger partial charge in [-0.05, 0) is 12.0 Å². The average molecular weight is 265 g/mol. The number of carboxylic acid groups (broad SMARTS) is 1. The van der Waals surface area contributed by atoms with Gasteiger partial charge in [0.25, 0.3) is 0 Å². The van der Waals surface area contributed by atoms with Crippen molar-refractivity contribution in [3.8, 4) is 0 Å². The summed E-state index contributed by atoms with van der Waals surface area (Å²) in [7, 11) is 1.79. The van der Waals surface area contributed by atoms with Gasteiger partial charge in [-0.1, -0.05) is 13.8 Å². The molecule has 104 valence electrons. The number of amides is 1. The van der Waals surface area contributed by atoms with Crippen LogP contribution in [0.4, 0.5) is 0 Å². The van der Waals surface area contributed by atoms with Crippen LogP contribution in [0.1, 0.15) is 19.4 Å². The molecule has 6 heteroatoms. The minimum absolute atomic E-state index is 0.218. The van der Waals surface area contributed by atoms with Crippen molar-refractivity contribution in [2.45, 2.75) is 13.8 Å². The van der Waals surface area contributed by atoms with E-state index in [-0.39, 0.29) is 18.4 Å². The van der Waals surface area contributed by atoms with Crippen molar-refractivity contribution in [3.63, 3.8) is 0 Å². The molecule has 0 aromatic carbocycles. The van der Waals surface area contributed by atoms with Gasteiger partial charge in [-0.2, -0.15) is 5.10 Å². The van der Waals surface area contributed by atoms with Crippen molar-refractivity contribution >= 4 is 18.0 Å². The topological polar surface area (TPSA) is 75.4 Å². The molecule has 0 fully saturated rings. The number of hydrogen-bond acceptors (Lipinski definition) is 3. The van der Waals surface area contributed by atoms with Gasteiger partial charge >= 0.3 is 5.97 Å². The fraction of sp³-hybridized carbons (Fsp3) is 0.462. The van der Waals surface area contributed by atoms with Gasteiger partial charge in [0.15, 0.2) is 0 Å². The Morgan fingerprint density at radius 3 is 2.68 bits per heavy atom. The number of carboxylic acids is 1. The number of carbonyl (C=O) groups excluding carboxylic acids is 1. The summed E-state index contributed by atoms with van der Waals surface area (Å²) in [5.41, 5.74) is 0.802. The molecule has 6 nitrogen and oxygen atoms in total. The second-order valence-electron chi connectivity index (χ2n) is 4.79. The van der Waals surface area contributed by atoms with Crippen molar-refractivity contribution in [2.75, 3.05) is 13.1 Å². The van der Waals surface area contributed by atoms with E-state index in [1.54, 1.807) is 30.2 Å². The van der Waals surface area contributed by atoms with Crippen molar-refractivity contribution in [3.05, 3.63) is 24.0 Å². The quantitative estimate of drug-likeness (QED) is 0.779.